The van der Waals surface area contributed by atoms with Crippen LogP contribution in [0.25, 0.3) is 0 Å². The van der Waals surface area contributed by atoms with Gasteiger partial charge in [-0.2, -0.15) is 0 Å². The van der Waals surface area contributed by atoms with E-state index in [1.54, 1.807) is 0 Å². The molecule has 11 heavy (non-hydrogen) atoms. The molecule has 1 fully saturated rings. The highest BCUT2D eigenvalue weighted by atomic mass is 16.1. The molecule has 1 unspecified atom stereocenters. The lowest BCUT2D eigenvalue weighted by Crippen LogP contribution is -2.31. The second-order valence-electron chi connectivity index (χ2n) is 3.07. The number of piperidine rings is 1. The van der Waals surface area contributed by atoms with Gasteiger partial charge in [0, 0.05) is 6.54 Å². The van der Waals surface area contributed by atoms with Crippen molar-refractivity contribution in [2.45, 2.75) is 19.3 Å². The maximum Gasteiger partial charge on any atom is 0.207 e. The first-order valence-electron chi connectivity index (χ1n) is 4.31. The topological polar surface area (TPSA) is 41.1 Å². The maximum absolute atomic E-state index is 9.92. The molecule has 0 aromatic heterocycles. The lowest BCUT2D eigenvalue weighted by molar-refractivity contribution is -0.109. The van der Waals surface area contributed by atoms with Gasteiger partial charge in [0.1, 0.15) is 0 Å². The van der Waals surface area contributed by atoms with Gasteiger partial charge in [-0.25, -0.2) is 0 Å². The first kappa shape index (κ1) is 8.53. The fraction of sp³-hybridized carbons (Fsp3) is 0.875. The van der Waals surface area contributed by atoms with Crippen molar-refractivity contribution in [3.8, 4) is 0 Å². The Labute approximate surface area is 67.5 Å². The van der Waals surface area contributed by atoms with Crippen molar-refractivity contribution < 1.29 is 4.79 Å². The third kappa shape index (κ3) is 3.37. The van der Waals surface area contributed by atoms with Crippen molar-refractivity contribution >= 4 is 6.41 Å². The molecule has 0 aliphatic carbocycles. The minimum atomic E-state index is 0.774. The minimum Gasteiger partial charge on any atom is -0.359 e. The highest BCUT2D eigenvalue weighted by Crippen LogP contribution is 2.12. The predicted molar refractivity (Wildman–Crippen MR) is 44.3 cm³/mol. The van der Waals surface area contributed by atoms with Gasteiger partial charge in [-0.05, 0) is 38.3 Å². The van der Waals surface area contributed by atoms with Crippen LogP contribution in [0, 0.1) is 5.92 Å². The molecule has 1 atom stereocenters. The standard InChI is InChI=1S/C8H16N2O/c11-7-10-5-3-8-2-1-4-9-6-8/h7-9H,1-6H2,(H,10,11). The van der Waals surface area contributed by atoms with Gasteiger partial charge in [0.15, 0.2) is 0 Å². The van der Waals surface area contributed by atoms with E-state index in [0.717, 1.165) is 38.4 Å². The SMILES string of the molecule is O=CNCCC1CCCNC1. The summed E-state index contributed by atoms with van der Waals surface area (Å²) >= 11 is 0. The Morgan fingerprint density at radius 2 is 2.55 bits per heavy atom. The van der Waals surface area contributed by atoms with E-state index >= 15 is 0 Å². The van der Waals surface area contributed by atoms with Gasteiger partial charge < -0.3 is 10.6 Å². The van der Waals surface area contributed by atoms with E-state index in [0.29, 0.717) is 0 Å². The molecule has 0 spiro atoms. The normalized spacial score (nSPS) is 24.5. The van der Waals surface area contributed by atoms with E-state index in [-0.39, 0.29) is 0 Å². The van der Waals surface area contributed by atoms with Gasteiger partial charge in [0.25, 0.3) is 0 Å². The molecule has 2 N–H and O–H groups in total. The zero-order valence-corrected chi connectivity index (χ0v) is 6.81. The van der Waals surface area contributed by atoms with E-state index in [2.05, 4.69) is 10.6 Å². The Bertz CT molecular complexity index is 111. The molecule has 1 heterocycles. The number of carbonyl (C=O) groups excluding carboxylic acids is 1. The van der Waals surface area contributed by atoms with Gasteiger partial charge in [0.05, 0.1) is 0 Å². The number of nitrogens with one attached hydrogen (secondary N) is 2. The third-order valence-corrected chi connectivity index (χ3v) is 2.18. The molecule has 3 nitrogen and oxygen atoms in total. The largest absolute Gasteiger partial charge is 0.359 e. The fourth-order valence-corrected chi connectivity index (χ4v) is 1.52. The molecule has 0 aromatic carbocycles. The summed E-state index contributed by atoms with van der Waals surface area (Å²) in [6.45, 7) is 3.12. The molecule has 0 bridgehead atoms. The van der Waals surface area contributed by atoms with Gasteiger partial charge in [-0.3, -0.25) is 4.79 Å². The molecule has 0 radical (unpaired) electrons. The summed E-state index contributed by atoms with van der Waals surface area (Å²) in [6.07, 6.45) is 4.49. The molecule has 0 saturated carbocycles. The van der Waals surface area contributed by atoms with Crippen LogP contribution in [0.15, 0.2) is 0 Å². The van der Waals surface area contributed by atoms with E-state index < -0.39 is 0 Å². The summed E-state index contributed by atoms with van der Waals surface area (Å²) in [4.78, 5) is 9.92. The van der Waals surface area contributed by atoms with Gasteiger partial charge in [-0.15, -0.1) is 0 Å². The molecular weight excluding hydrogens is 140 g/mol. The lowest BCUT2D eigenvalue weighted by Gasteiger charge is -2.22. The Morgan fingerprint density at radius 3 is 3.18 bits per heavy atom. The maximum atomic E-state index is 9.92. The molecular formula is C8H16N2O. The molecule has 64 valence electrons. The van der Waals surface area contributed by atoms with Gasteiger partial charge in [0.2, 0.25) is 6.41 Å². The molecule has 1 saturated heterocycles. The van der Waals surface area contributed by atoms with E-state index in [1.165, 1.54) is 12.8 Å². The van der Waals surface area contributed by atoms with E-state index in [9.17, 15) is 4.79 Å². The van der Waals surface area contributed by atoms with Crippen LogP contribution in [0.3, 0.4) is 0 Å². The summed E-state index contributed by atoms with van der Waals surface area (Å²) in [7, 11) is 0. The Hall–Kier alpha value is -0.570. The van der Waals surface area contributed by atoms with Crippen LogP contribution in [-0.4, -0.2) is 26.0 Å². The predicted octanol–water partition coefficient (Wildman–Crippen LogP) is 0.122. The minimum absolute atomic E-state index is 0.774. The van der Waals surface area contributed by atoms with Gasteiger partial charge in [-0.1, -0.05) is 0 Å². The zero-order valence-electron chi connectivity index (χ0n) is 6.81. The number of hydrogen-bond donors (Lipinski definition) is 2. The highest BCUT2D eigenvalue weighted by molar-refractivity contribution is 5.45. The number of hydrogen-bond acceptors (Lipinski definition) is 2. The van der Waals surface area contributed by atoms with Crippen LogP contribution >= 0.6 is 0 Å². The average molecular weight is 156 g/mol. The van der Waals surface area contributed by atoms with Crippen molar-refractivity contribution in [3.05, 3.63) is 0 Å². The smallest absolute Gasteiger partial charge is 0.207 e. The molecule has 1 aliphatic heterocycles. The van der Waals surface area contributed by atoms with Crippen LogP contribution in [-0.2, 0) is 4.79 Å². The first-order valence-corrected chi connectivity index (χ1v) is 4.31. The lowest BCUT2D eigenvalue weighted by atomic mass is 9.96. The first-order chi connectivity index (χ1) is 5.43. The monoisotopic (exact) mass is 156 g/mol. The Morgan fingerprint density at radius 1 is 1.64 bits per heavy atom. The molecule has 3 heteroatoms. The molecule has 1 amide bonds. The summed E-state index contributed by atoms with van der Waals surface area (Å²) < 4.78 is 0. The second-order valence-corrected chi connectivity index (χ2v) is 3.07. The molecule has 1 rings (SSSR count). The van der Waals surface area contributed by atoms with Crippen molar-refractivity contribution in [2.75, 3.05) is 19.6 Å². The highest BCUT2D eigenvalue weighted by Gasteiger charge is 2.11. The molecule has 1 aliphatic rings. The van der Waals surface area contributed by atoms with Crippen molar-refractivity contribution in [1.29, 1.82) is 0 Å². The van der Waals surface area contributed by atoms with E-state index in [1.807, 2.05) is 0 Å². The van der Waals surface area contributed by atoms with Crippen LogP contribution in [0.2, 0.25) is 0 Å². The average Bonchev–Trinajstić information content (AvgIpc) is 2.07. The van der Waals surface area contributed by atoms with Gasteiger partial charge >= 0.3 is 0 Å². The quantitative estimate of drug-likeness (QED) is 0.448. The summed E-state index contributed by atoms with van der Waals surface area (Å²) in [5.74, 6) is 0.774. The van der Waals surface area contributed by atoms with Crippen LogP contribution in [0.5, 0.6) is 0 Å². The number of rotatable bonds is 4. The summed E-state index contributed by atoms with van der Waals surface area (Å²) in [5, 5.41) is 6.03. The molecule has 0 aromatic rings. The van der Waals surface area contributed by atoms with Crippen molar-refractivity contribution in [1.82, 2.24) is 10.6 Å². The van der Waals surface area contributed by atoms with Crippen LogP contribution in [0.4, 0.5) is 0 Å². The number of carbonyl (C=O) groups is 1. The Balaban J connectivity index is 2.00. The fourth-order valence-electron chi connectivity index (χ4n) is 1.52. The van der Waals surface area contributed by atoms with Crippen LogP contribution in [0.1, 0.15) is 19.3 Å². The van der Waals surface area contributed by atoms with Crippen molar-refractivity contribution in [2.24, 2.45) is 5.92 Å². The summed E-state index contributed by atoms with van der Waals surface area (Å²) in [6, 6.07) is 0. The summed E-state index contributed by atoms with van der Waals surface area (Å²) in [5.41, 5.74) is 0. The second kappa shape index (κ2) is 5.13. The third-order valence-electron chi connectivity index (χ3n) is 2.18. The number of amides is 1. The van der Waals surface area contributed by atoms with Crippen LogP contribution < -0.4 is 10.6 Å². The van der Waals surface area contributed by atoms with Crippen molar-refractivity contribution in [3.63, 3.8) is 0 Å². The zero-order chi connectivity index (χ0) is 7.94. The van der Waals surface area contributed by atoms with E-state index in [4.69, 9.17) is 0 Å². The Kier molecular flexibility index (Phi) is 3.98.